The fourth-order valence-corrected chi connectivity index (χ4v) is 3.62. The molecular formula is C24H28N2S. The van der Waals surface area contributed by atoms with Crippen molar-refractivity contribution < 1.29 is 0 Å². The number of hydrogen-bond donors (Lipinski definition) is 2. The van der Waals surface area contributed by atoms with E-state index in [4.69, 9.17) is 12.2 Å². The van der Waals surface area contributed by atoms with Gasteiger partial charge in [-0.3, -0.25) is 0 Å². The summed E-state index contributed by atoms with van der Waals surface area (Å²) in [4.78, 5) is 0. The molecule has 0 saturated carbocycles. The smallest absolute Gasteiger partial charge is 0.171 e. The Bertz CT molecular complexity index is 896. The van der Waals surface area contributed by atoms with E-state index in [-0.39, 0.29) is 6.04 Å². The molecule has 0 bridgehead atoms. The van der Waals surface area contributed by atoms with Crippen LogP contribution in [0.2, 0.25) is 0 Å². The standard InChI is InChI=1S/C24H28N2S/c1-4-17(3)18-13-15-20(16-14-18)22(5-2)25-24(27)26-23-12-8-10-19-9-6-7-11-21(19)23/h6-17,22H,4-5H2,1-3H3,(H2,25,26,27). The molecule has 0 radical (unpaired) electrons. The molecule has 2 N–H and O–H groups in total. The Morgan fingerprint density at radius 1 is 0.852 bits per heavy atom. The highest BCUT2D eigenvalue weighted by atomic mass is 32.1. The maximum Gasteiger partial charge on any atom is 0.171 e. The Morgan fingerprint density at radius 3 is 2.22 bits per heavy atom. The van der Waals surface area contributed by atoms with Gasteiger partial charge in [0, 0.05) is 11.1 Å². The second-order valence-corrected chi connectivity index (χ2v) is 7.47. The number of thiocarbonyl (C=S) groups is 1. The van der Waals surface area contributed by atoms with Crippen molar-refractivity contribution in [1.29, 1.82) is 0 Å². The minimum Gasteiger partial charge on any atom is -0.356 e. The maximum absolute atomic E-state index is 5.61. The Balaban J connectivity index is 1.71. The third-order valence-electron chi connectivity index (χ3n) is 5.27. The van der Waals surface area contributed by atoms with Crippen LogP contribution in [0.4, 0.5) is 5.69 Å². The molecule has 0 aliphatic rings. The highest BCUT2D eigenvalue weighted by molar-refractivity contribution is 7.80. The van der Waals surface area contributed by atoms with Gasteiger partial charge in [-0.25, -0.2) is 0 Å². The van der Waals surface area contributed by atoms with E-state index < -0.39 is 0 Å². The zero-order chi connectivity index (χ0) is 19.2. The van der Waals surface area contributed by atoms with Crippen LogP contribution in [0.1, 0.15) is 56.7 Å². The highest BCUT2D eigenvalue weighted by Gasteiger charge is 2.12. The number of benzene rings is 3. The van der Waals surface area contributed by atoms with Gasteiger partial charge in [0.15, 0.2) is 5.11 Å². The fraction of sp³-hybridized carbons (Fsp3) is 0.292. The van der Waals surface area contributed by atoms with Crippen LogP contribution in [-0.2, 0) is 0 Å². The molecule has 0 amide bonds. The molecule has 3 rings (SSSR count). The van der Waals surface area contributed by atoms with Gasteiger partial charge in [0.1, 0.15) is 0 Å². The van der Waals surface area contributed by atoms with E-state index in [2.05, 4.69) is 98.1 Å². The molecule has 3 heteroatoms. The first kappa shape index (κ1) is 19.4. The summed E-state index contributed by atoms with van der Waals surface area (Å²) in [6.07, 6.45) is 2.13. The van der Waals surface area contributed by atoms with Crippen LogP contribution in [0.3, 0.4) is 0 Å². The third kappa shape index (κ3) is 4.67. The molecular weight excluding hydrogens is 348 g/mol. The lowest BCUT2D eigenvalue weighted by Gasteiger charge is -2.21. The number of anilines is 1. The lowest BCUT2D eigenvalue weighted by molar-refractivity contribution is 0.628. The summed E-state index contributed by atoms with van der Waals surface area (Å²) in [5, 5.41) is 9.90. The van der Waals surface area contributed by atoms with Gasteiger partial charge in [0.2, 0.25) is 0 Å². The van der Waals surface area contributed by atoms with Crippen LogP contribution in [0.25, 0.3) is 10.8 Å². The Labute approximate surface area is 168 Å². The van der Waals surface area contributed by atoms with Crippen molar-refractivity contribution in [3.8, 4) is 0 Å². The van der Waals surface area contributed by atoms with Crippen LogP contribution < -0.4 is 10.6 Å². The SMILES string of the molecule is CCC(C)c1ccc(C(CC)NC(=S)Nc2cccc3ccccc23)cc1. The average molecular weight is 377 g/mol. The molecule has 0 fully saturated rings. The summed E-state index contributed by atoms with van der Waals surface area (Å²) in [5.41, 5.74) is 3.70. The summed E-state index contributed by atoms with van der Waals surface area (Å²) in [6, 6.07) is 23.7. The number of fused-ring (bicyclic) bond motifs is 1. The predicted octanol–water partition coefficient (Wildman–Crippen LogP) is 6.79. The lowest BCUT2D eigenvalue weighted by atomic mass is 9.95. The monoisotopic (exact) mass is 376 g/mol. The van der Waals surface area contributed by atoms with Crippen molar-refractivity contribution in [2.75, 3.05) is 5.32 Å². The first-order chi connectivity index (χ1) is 13.1. The highest BCUT2D eigenvalue weighted by Crippen LogP contribution is 2.25. The molecule has 140 valence electrons. The minimum absolute atomic E-state index is 0.200. The van der Waals surface area contributed by atoms with Crippen molar-refractivity contribution in [2.45, 2.75) is 45.6 Å². The second-order valence-electron chi connectivity index (χ2n) is 7.06. The average Bonchev–Trinajstić information content (AvgIpc) is 2.72. The van der Waals surface area contributed by atoms with Crippen molar-refractivity contribution in [2.24, 2.45) is 0 Å². The molecule has 0 aliphatic heterocycles. The topological polar surface area (TPSA) is 24.1 Å². The molecule has 0 heterocycles. The largest absolute Gasteiger partial charge is 0.356 e. The zero-order valence-corrected chi connectivity index (χ0v) is 17.1. The molecule has 0 aromatic heterocycles. The Kier molecular flexibility index (Phi) is 6.46. The van der Waals surface area contributed by atoms with E-state index in [0.29, 0.717) is 11.0 Å². The summed E-state index contributed by atoms with van der Waals surface area (Å²) >= 11 is 5.61. The van der Waals surface area contributed by atoms with Gasteiger partial charge in [-0.15, -0.1) is 0 Å². The summed E-state index contributed by atoms with van der Waals surface area (Å²) < 4.78 is 0. The first-order valence-corrected chi connectivity index (χ1v) is 10.2. The maximum atomic E-state index is 5.61. The van der Waals surface area contributed by atoms with Crippen molar-refractivity contribution in [3.63, 3.8) is 0 Å². The third-order valence-corrected chi connectivity index (χ3v) is 5.49. The first-order valence-electron chi connectivity index (χ1n) is 9.77. The van der Waals surface area contributed by atoms with Crippen LogP contribution in [0, 0.1) is 0 Å². The quantitative estimate of drug-likeness (QED) is 0.463. The lowest BCUT2D eigenvalue weighted by Crippen LogP contribution is -2.32. The van der Waals surface area contributed by atoms with Gasteiger partial charge < -0.3 is 10.6 Å². The van der Waals surface area contributed by atoms with Gasteiger partial charge in [-0.2, -0.15) is 0 Å². The second kappa shape index (κ2) is 9.01. The van der Waals surface area contributed by atoms with E-state index in [1.54, 1.807) is 0 Å². The van der Waals surface area contributed by atoms with Gasteiger partial charge >= 0.3 is 0 Å². The fourth-order valence-electron chi connectivity index (χ4n) is 3.36. The summed E-state index contributed by atoms with van der Waals surface area (Å²) in [7, 11) is 0. The number of rotatable bonds is 6. The molecule has 3 aromatic rings. The Morgan fingerprint density at radius 2 is 1.52 bits per heavy atom. The van der Waals surface area contributed by atoms with Crippen molar-refractivity contribution in [3.05, 3.63) is 77.9 Å². The molecule has 2 atom stereocenters. The van der Waals surface area contributed by atoms with Crippen LogP contribution in [0.5, 0.6) is 0 Å². The normalized spacial score (nSPS) is 13.1. The zero-order valence-electron chi connectivity index (χ0n) is 16.3. The predicted molar refractivity (Wildman–Crippen MR) is 121 cm³/mol. The van der Waals surface area contributed by atoms with Gasteiger partial charge in [0.25, 0.3) is 0 Å². The Hall–Kier alpha value is -2.39. The van der Waals surface area contributed by atoms with Crippen molar-refractivity contribution in [1.82, 2.24) is 5.32 Å². The van der Waals surface area contributed by atoms with E-state index in [1.165, 1.54) is 21.9 Å². The van der Waals surface area contributed by atoms with Crippen LogP contribution in [-0.4, -0.2) is 5.11 Å². The summed E-state index contributed by atoms with van der Waals surface area (Å²) in [6.45, 7) is 6.68. The molecule has 3 aromatic carbocycles. The molecule has 0 spiro atoms. The van der Waals surface area contributed by atoms with Crippen LogP contribution >= 0.6 is 12.2 Å². The van der Waals surface area contributed by atoms with E-state index in [9.17, 15) is 0 Å². The molecule has 0 saturated heterocycles. The molecule has 2 unspecified atom stereocenters. The molecule has 2 nitrogen and oxygen atoms in total. The van der Waals surface area contributed by atoms with Gasteiger partial charge in [0.05, 0.1) is 6.04 Å². The molecule has 27 heavy (non-hydrogen) atoms. The number of hydrogen-bond acceptors (Lipinski definition) is 1. The van der Waals surface area contributed by atoms with Gasteiger partial charge in [-0.1, -0.05) is 81.4 Å². The summed E-state index contributed by atoms with van der Waals surface area (Å²) in [5.74, 6) is 0.598. The number of nitrogens with one attached hydrogen (secondary N) is 2. The van der Waals surface area contributed by atoms with Gasteiger partial charge in [-0.05, 0) is 53.6 Å². The van der Waals surface area contributed by atoms with E-state index >= 15 is 0 Å². The van der Waals surface area contributed by atoms with E-state index in [0.717, 1.165) is 18.5 Å². The molecule has 0 aliphatic carbocycles. The minimum atomic E-state index is 0.200. The van der Waals surface area contributed by atoms with Crippen molar-refractivity contribution >= 4 is 33.8 Å². The van der Waals surface area contributed by atoms with Crippen LogP contribution in [0.15, 0.2) is 66.7 Å². The van der Waals surface area contributed by atoms with E-state index in [1.807, 2.05) is 0 Å².